The van der Waals surface area contributed by atoms with Gasteiger partial charge in [0.05, 0.1) is 11.4 Å². The van der Waals surface area contributed by atoms with E-state index >= 15 is 0 Å². The minimum Gasteiger partial charge on any atom is -0.323 e. The third-order valence-electron chi connectivity index (χ3n) is 4.17. The van der Waals surface area contributed by atoms with Crippen molar-refractivity contribution in [1.29, 1.82) is 0 Å². The Kier molecular flexibility index (Phi) is 6.53. The number of Topliss-reactive ketones (excluding diaryl/α,β-unsaturated/α-hetero) is 1. The second-order valence-corrected chi connectivity index (χ2v) is 7.20. The molecule has 0 aliphatic heterocycles. The van der Waals surface area contributed by atoms with Crippen LogP contribution in [0.5, 0.6) is 0 Å². The van der Waals surface area contributed by atoms with Crippen LogP contribution in [-0.2, 0) is 10.5 Å². The average Bonchev–Trinajstić information content (AvgIpc) is 2.53. The molecule has 138 valence electrons. The zero-order chi connectivity index (χ0) is 19.4. The zero-order valence-electron chi connectivity index (χ0n) is 15.2. The van der Waals surface area contributed by atoms with Crippen molar-refractivity contribution in [3.05, 3.63) is 63.7 Å². The third kappa shape index (κ3) is 4.69. The molecule has 0 saturated heterocycles. The number of halogens is 2. The van der Waals surface area contributed by atoms with Crippen LogP contribution >= 0.6 is 11.8 Å². The highest BCUT2D eigenvalue weighted by atomic mass is 32.2. The molecular weight excluding hydrogens is 356 g/mol. The maximum absolute atomic E-state index is 13.6. The number of ketones is 1. The molecule has 0 spiro atoms. The molecule has 0 heterocycles. The Morgan fingerprint density at radius 1 is 1.08 bits per heavy atom. The minimum atomic E-state index is -0.680. The van der Waals surface area contributed by atoms with Crippen LogP contribution in [0.2, 0.25) is 0 Å². The summed E-state index contributed by atoms with van der Waals surface area (Å²) < 4.78 is 26.7. The SMILES string of the molecule is CC(=O)c1c(C)cc(C)c(CSCC(=O)Nc2cc(F)ccc2F)c1C. The highest BCUT2D eigenvalue weighted by Gasteiger charge is 2.15. The van der Waals surface area contributed by atoms with Crippen molar-refractivity contribution in [2.45, 2.75) is 33.4 Å². The van der Waals surface area contributed by atoms with Crippen LogP contribution in [0.25, 0.3) is 0 Å². The van der Waals surface area contributed by atoms with Crippen LogP contribution in [0.3, 0.4) is 0 Å². The van der Waals surface area contributed by atoms with Gasteiger partial charge in [0.15, 0.2) is 5.78 Å². The first-order valence-corrected chi connectivity index (χ1v) is 9.29. The number of hydrogen-bond donors (Lipinski definition) is 1. The molecule has 3 nitrogen and oxygen atoms in total. The molecule has 0 atom stereocenters. The fourth-order valence-electron chi connectivity index (χ4n) is 3.02. The van der Waals surface area contributed by atoms with Crippen molar-refractivity contribution < 1.29 is 18.4 Å². The van der Waals surface area contributed by atoms with E-state index in [-0.39, 0.29) is 17.2 Å². The Balaban J connectivity index is 2.04. The van der Waals surface area contributed by atoms with E-state index in [9.17, 15) is 18.4 Å². The maximum atomic E-state index is 13.6. The van der Waals surface area contributed by atoms with E-state index in [0.29, 0.717) is 5.75 Å². The number of amides is 1. The summed E-state index contributed by atoms with van der Waals surface area (Å²) in [7, 11) is 0. The lowest BCUT2D eigenvalue weighted by Crippen LogP contribution is -2.15. The second kappa shape index (κ2) is 8.45. The van der Waals surface area contributed by atoms with E-state index in [0.717, 1.165) is 46.0 Å². The molecule has 26 heavy (non-hydrogen) atoms. The zero-order valence-corrected chi connectivity index (χ0v) is 16.0. The second-order valence-electron chi connectivity index (χ2n) is 6.21. The van der Waals surface area contributed by atoms with Crippen LogP contribution in [-0.4, -0.2) is 17.4 Å². The smallest absolute Gasteiger partial charge is 0.234 e. The summed E-state index contributed by atoms with van der Waals surface area (Å²) in [5.41, 5.74) is 4.51. The van der Waals surface area contributed by atoms with Gasteiger partial charge in [-0.25, -0.2) is 8.78 Å². The van der Waals surface area contributed by atoms with E-state index in [2.05, 4.69) is 5.32 Å². The van der Waals surface area contributed by atoms with E-state index in [1.165, 1.54) is 11.8 Å². The van der Waals surface area contributed by atoms with Gasteiger partial charge in [-0.1, -0.05) is 6.07 Å². The molecule has 0 saturated carbocycles. The van der Waals surface area contributed by atoms with Gasteiger partial charge in [-0.3, -0.25) is 9.59 Å². The van der Waals surface area contributed by atoms with Crippen molar-refractivity contribution >= 4 is 29.1 Å². The maximum Gasteiger partial charge on any atom is 0.234 e. The van der Waals surface area contributed by atoms with E-state index in [1.807, 2.05) is 26.8 Å². The molecule has 1 N–H and O–H groups in total. The minimum absolute atomic E-state index is 0.0190. The first-order valence-electron chi connectivity index (χ1n) is 8.14. The molecule has 0 aliphatic carbocycles. The third-order valence-corrected chi connectivity index (χ3v) is 5.12. The van der Waals surface area contributed by atoms with Gasteiger partial charge in [0.2, 0.25) is 5.91 Å². The summed E-state index contributed by atoms with van der Waals surface area (Å²) in [6.07, 6.45) is 0. The van der Waals surface area contributed by atoms with Crippen LogP contribution in [0.4, 0.5) is 14.5 Å². The van der Waals surface area contributed by atoms with Crippen LogP contribution in [0, 0.1) is 32.4 Å². The highest BCUT2D eigenvalue weighted by Crippen LogP contribution is 2.26. The molecule has 0 aromatic heterocycles. The Bertz CT molecular complexity index is 865. The summed E-state index contributed by atoms with van der Waals surface area (Å²) in [5, 5.41) is 2.38. The number of nitrogens with one attached hydrogen (secondary N) is 1. The van der Waals surface area contributed by atoms with Gasteiger partial charge in [-0.05, 0) is 62.1 Å². The van der Waals surface area contributed by atoms with Gasteiger partial charge >= 0.3 is 0 Å². The number of thioether (sulfide) groups is 1. The quantitative estimate of drug-likeness (QED) is 0.724. The van der Waals surface area contributed by atoms with Gasteiger partial charge in [0.1, 0.15) is 11.6 Å². The van der Waals surface area contributed by atoms with E-state index < -0.39 is 17.5 Å². The van der Waals surface area contributed by atoms with Crippen molar-refractivity contribution in [3.8, 4) is 0 Å². The van der Waals surface area contributed by atoms with Gasteiger partial charge in [0, 0.05) is 17.4 Å². The molecule has 2 aromatic carbocycles. The number of rotatable bonds is 6. The molecule has 1 amide bonds. The Morgan fingerprint density at radius 3 is 2.42 bits per heavy atom. The first-order chi connectivity index (χ1) is 12.2. The molecule has 0 fully saturated rings. The summed E-state index contributed by atoms with van der Waals surface area (Å²) in [5.74, 6) is -1.03. The molecule has 0 bridgehead atoms. The fraction of sp³-hybridized carbons (Fsp3) is 0.300. The molecule has 6 heteroatoms. The number of anilines is 1. The summed E-state index contributed by atoms with van der Waals surface area (Å²) >= 11 is 1.36. The topological polar surface area (TPSA) is 46.2 Å². The highest BCUT2D eigenvalue weighted by molar-refractivity contribution is 7.99. The van der Waals surface area contributed by atoms with Crippen LogP contribution < -0.4 is 5.32 Å². The van der Waals surface area contributed by atoms with Crippen molar-refractivity contribution in [2.24, 2.45) is 0 Å². The predicted molar refractivity (Wildman–Crippen MR) is 102 cm³/mol. The number of carbonyl (C=O) groups is 2. The van der Waals surface area contributed by atoms with Gasteiger partial charge < -0.3 is 5.32 Å². The monoisotopic (exact) mass is 377 g/mol. The van der Waals surface area contributed by atoms with Crippen molar-refractivity contribution in [1.82, 2.24) is 0 Å². The molecule has 0 unspecified atom stereocenters. The summed E-state index contributed by atoms with van der Waals surface area (Å²) in [6.45, 7) is 7.34. The van der Waals surface area contributed by atoms with E-state index in [4.69, 9.17) is 0 Å². The number of aryl methyl sites for hydroxylation is 2. The summed E-state index contributed by atoms with van der Waals surface area (Å²) in [6, 6.07) is 4.89. The molecule has 0 radical (unpaired) electrons. The lowest BCUT2D eigenvalue weighted by atomic mass is 9.92. The van der Waals surface area contributed by atoms with Crippen molar-refractivity contribution in [3.63, 3.8) is 0 Å². The number of benzene rings is 2. The normalized spacial score (nSPS) is 10.7. The Hall–Kier alpha value is -2.21. The van der Waals surface area contributed by atoms with Gasteiger partial charge in [-0.2, -0.15) is 0 Å². The largest absolute Gasteiger partial charge is 0.323 e. The predicted octanol–water partition coefficient (Wildman–Crippen LogP) is 4.96. The summed E-state index contributed by atoms with van der Waals surface area (Å²) in [4.78, 5) is 23.8. The van der Waals surface area contributed by atoms with Crippen LogP contribution in [0.15, 0.2) is 24.3 Å². The van der Waals surface area contributed by atoms with Crippen LogP contribution in [0.1, 0.15) is 39.5 Å². The molecule has 2 aromatic rings. The lowest BCUT2D eigenvalue weighted by molar-refractivity contribution is -0.113. The Labute approximate surface area is 156 Å². The van der Waals surface area contributed by atoms with Gasteiger partial charge in [-0.15, -0.1) is 11.8 Å². The first kappa shape index (κ1) is 20.1. The number of carbonyl (C=O) groups excluding carboxylic acids is 2. The lowest BCUT2D eigenvalue weighted by Gasteiger charge is -2.15. The van der Waals surface area contributed by atoms with E-state index in [1.54, 1.807) is 6.92 Å². The molecule has 0 aliphatic rings. The average molecular weight is 377 g/mol. The standard InChI is InChI=1S/C20H21F2NO2S/c1-11-7-12(2)20(14(4)24)13(3)16(11)9-26-10-19(25)23-18-8-15(21)5-6-17(18)22/h5-8H,9-10H2,1-4H3,(H,23,25). The Morgan fingerprint density at radius 2 is 1.77 bits per heavy atom. The fourth-order valence-corrected chi connectivity index (χ4v) is 4.02. The molecule has 2 rings (SSSR count). The molecular formula is C20H21F2NO2S. The van der Waals surface area contributed by atoms with Crippen molar-refractivity contribution in [2.75, 3.05) is 11.1 Å². The van der Waals surface area contributed by atoms with Gasteiger partial charge in [0.25, 0.3) is 0 Å². The number of hydrogen-bond acceptors (Lipinski definition) is 3.